The normalized spacial score (nSPS) is 21.8. The van der Waals surface area contributed by atoms with E-state index in [0.29, 0.717) is 11.1 Å². The first-order valence-corrected chi connectivity index (χ1v) is 4.67. The van der Waals surface area contributed by atoms with Gasteiger partial charge in [-0.05, 0) is 13.0 Å². The smallest absolute Gasteiger partial charge is 0.148 e. The molecule has 1 atom stereocenters. The first-order chi connectivity index (χ1) is 6.36. The minimum Gasteiger partial charge on any atom is -0.365 e. The third kappa shape index (κ3) is 2.08. The fraction of sp³-hybridized carbons (Fsp3) is 0.500. The van der Waals surface area contributed by atoms with Crippen LogP contribution in [-0.4, -0.2) is 29.1 Å². The molecule has 1 aromatic heterocycles. The van der Waals surface area contributed by atoms with Crippen molar-refractivity contribution in [2.24, 2.45) is 0 Å². The summed E-state index contributed by atoms with van der Waals surface area (Å²) in [6.07, 6.45) is 4.20. The van der Waals surface area contributed by atoms with Gasteiger partial charge in [0.05, 0.1) is 6.20 Å². The van der Waals surface area contributed by atoms with E-state index in [4.69, 9.17) is 11.6 Å². The highest BCUT2D eigenvalue weighted by molar-refractivity contribution is 6.32. The molecule has 5 heteroatoms. The summed E-state index contributed by atoms with van der Waals surface area (Å²) in [6, 6.07) is 0.437. The van der Waals surface area contributed by atoms with E-state index in [9.17, 15) is 0 Å². The van der Waals surface area contributed by atoms with Crippen molar-refractivity contribution in [3.8, 4) is 0 Å². The van der Waals surface area contributed by atoms with Crippen LogP contribution in [0.1, 0.15) is 6.42 Å². The number of nitrogens with one attached hydrogen (secondary N) is 2. The maximum atomic E-state index is 5.89. The van der Waals surface area contributed by atoms with Crippen LogP contribution in [0, 0.1) is 0 Å². The second-order valence-corrected chi connectivity index (χ2v) is 3.46. The van der Waals surface area contributed by atoms with E-state index in [2.05, 4.69) is 20.6 Å². The maximum Gasteiger partial charge on any atom is 0.148 e. The monoisotopic (exact) mass is 198 g/mol. The predicted molar refractivity (Wildman–Crippen MR) is 51.9 cm³/mol. The zero-order valence-electron chi connectivity index (χ0n) is 7.13. The van der Waals surface area contributed by atoms with Gasteiger partial charge >= 0.3 is 0 Å². The summed E-state index contributed by atoms with van der Waals surface area (Å²) >= 11 is 5.89. The van der Waals surface area contributed by atoms with Crippen molar-refractivity contribution in [2.75, 3.05) is 18.4 Å². The molecule has 1 aromatic rings. The quantitative estimate of drug-likeness (QED) is 0.742. The van der Waals surface area contributed by atoms with Gasteiger partial charge in [-0.15, -0.1) is 0 Å². The van der Waals surface area contributed by atoms with Crippen LogP contribution in [-0.2, 0) is 0 Å². The van der Waals surface area contributed by atoms with E-state index in [1.807, 2.05) is 0 Å². The second-order valence-electron chi connectivity index (χ2n) is 3.05. The lowest BCUT2D eigenvalue weighted by molar-refractivity contribution is 0.787. The molecule has 1 unspecified atom stereocenters. The Morgan fingerprint density at radius 1 is 1.62 bits per heavy atom. The first-order valence-electron chi connectivity index (χ1n) is 4.29. The molecule has 0 amide bonds. The zero-order chi connectivity index (χ0) is 9.10. The van der Waals surface area contributed by atoms with Crippen LogP contribution in [0.2, 0.25) is 5.02 Å². The van der Waals surface area contributed by atoms with Crippen molar-refractivity contribution in [1.82, 2.24) is 15.3 Å². The molecule has 0 aliphatic carbocycles. The Labute approximate surface area is 81.7 Å². The van der Waals surface area contributed by atoms with Crippen molar-refractivity contribution in [2.45, 2.75) is 12.5 Å². The number of nitrogens with zero attached hydrogens (tertiary/aromatic N) is 2. The fourth-order valence-corrected chi connectivity index (χ4v) is 1.55. The van der Waals surface area contributed by atoms with Gasteiger partial charge in [0.15, 0.2) is 0 Å². The van der Waals surface area contributed by atoms with E-state index in [-0.39, 0.29) is 0 Å². The Balaban J connectivity index is 2.04. The van der Waals surface area contributed by atoms with Gasteiger partial charge in [-0.25, -0.2) is 9.97 Å². The molecule has 0 aromatic carbocycles. The van der Waals surface area contributed by atoms with Gasteiger partial charge < -0.3 is 10.6 Å². The van der Waals surface area contributed by atoms with E-state index in [1.165, 1.54) is 6.33 Å². The molecule has 1 saturated heterocycles. The minimum absolute atomic E-state index is 0.437. The van der Waals surface area contributed by atoms with Gasteiger partial charge in [0, 0.05) is 12.6 Å². The largest absolute Gasteiger partial charge is 0.365 e. The Hall–Kier alpha value is -0.870. The molecule has 0 saturated carbocycles. The number of aromatic nitrogens is 2. The molecule has 4 nitrogen and oxygen atoms in total. The van der Waals surface area contributed by atoms with Gasteiger partial charge in [0.25, 0.3) is 0 Å². The summed E-state index contributed by atoms with van der Waals surface area (Å²) in [5.41, 5.74) is 0. The van der Waals surface area contributed by atoms with Crippen LogP contribution in [0.3, 0.4) is 0 Å². The number of anilines is 1. The molecule has 2 rings (SSSR count). The molecule has 1 fully saturated rings. The minimum atomic E-state index is 0.437. The number of halogens is 1. The average Bonchev–Trinajstić information content (AvgIpc) is 2.61. The molecule has 13 heavy (non-hydrogen) atoms. The van der Waals surface area contributed by atoms with Crippen LogP contribution in [0.4, 0.5) is 5.82 Å². The van der Waals surface area contributed by atoms with Crippen LogP contribution in [0.25, 0.3) is 0 Å². The summed E-state index contributed by atoms with van der Waals surface area (Å²) in [6.45, 7) is 2.03. The highest BCUT2D eigenvalue weighted by Crippen LogP contribution is 2.18. The lowest BCUT2D eigenvalue weighted by Crippen LogP contribution is -2.22. The lowest BCUT2D eigenvalue weighted by Gasteiger charge is -2.12. The molecular weight excluding hydrogens is 188 g/mol. The Bertz CT molecular complexity index is 285. The van der Waals surface area contributed by atoms with Crippen molar-refractivity contribution in [3.63, 3.8) is 0 Å². The van der Waals surface area contributed by atoms with Gasteiger partial charge in [-0.2, -0.15) is 0 Å². The van der Waals surface area contributed by atoms with E-state index in [0.717, 1.165) is 25.3 Å². The van der Waals surface area contributed by atoms with Gasteiger partial charge in [0.2, 0.25) is 0 Å². The lowest BCUT2D eigenvalue weighted by atomic mass is 10.2. The molecule has 0 radical (unpaired) electrons. The number of hydrogen-bond donors (Lipinski definition) is 2. The summed E-state index contributed by atoms with van der Waals surface area (Å²) in [5, 5.41) is 7.10. The van der Waals surface area contributed by atoms with E-state index >= 15 is 0 Å². The van der Waals surface area contributed by atoms with Crippen molar-refractivity contribution < 1.29 is 0 Å². The van der Waals surface area contributed by atoms with Crippen molar-refractivity contribution in [3.05, 3.63) is 17.5 Å². The topological polar surface area (TPSA) is 49.8 Å². The Morgan fingerprint density at radius 3 is 3.23 bits per heavy atom. The number of hydrogen-bond acceptors (Lipinski definition) is 4. The van der Waals surface area contributed by atoms with Crippen LogP contribution < -0.4 is 10.6 Å². The SMILES string of the molecule is Clc1cncnc1NC1CCNC1. The highest BCUT2D eigenvalue weighted by Gasteiger charge is 2.15. The van der Waals surface area contributed by atoms with Gasteiger partial charge in [-0.3, -0.25) is 0 Å². The van der Waals surface area contributed by atoms with Gasteiger partial charge in [0.1, 0.15) is 17.2 Å². The van der Waals surface area contributed by atoms with Crippen molar-refractivity contribution >= 4 is 17.4 Å². The second kappa shape index (κ2) is 3.89. The third-order valence-electron chi connectivity index (χ3n) is 2.07. The fourth-order valence-electron chi connectivity index (χ4n) is 1.39. The van der Waals surface area contributed by atoms with Crippen LogP contribution in [0.5, 0.6) is 0 Å². The molecule has 2 heterocycles. The summed E-state index contributed by atoms with van der Waals surface area (Å²) in [4.78, 5) is 7.88. The third-order valence-corrected chi connectivity index (χ3v) is 2.35. The molecule has 70 valence electrons. The molecule has 2 N–H and O–H groups in total. The Morgan fingerprint density at radius 2 is 2.54 bits per heavy atom. The number of rotatable bonds is 2. The summed E-state index contributed by atoms with van der Waals surface area (Å²) in [5.74, 6) is 0.727. The summed E-state index contributed by atoms with van der Waals surface area (Å²) < 4.78 is 0. The molecule has 1 aliphatic rings. The molecular formula is C8H11ClN4. The van der Waals surface area contributed by atoms with Gasteiger partial charge in [-0.1, -0.05) is 11.6 Å². The highest BCUT2D eigenvalue weighted by atomic mass is 35.5. The first kappa shape index (κ1) is 8.72. The standard InChI is InChI=1S/C8H11ClN4/c9-7-4-11-5-12-8(7)13-6-1-2-10-3-6/h4-6,10H,1-3H2,(H,11,12,13). The van der Waals surface area contributed by atoms with Crippen molar-refractivity contribution in [1.29, 1.82) is 0 Å². The maximum absolute atomic E-state index is 5.89. The van der Waals surface area contributed by atoms with E-state index < -0.39 is 0 Å². The Kier molecular flexibility index (Phi) is 2.61. The molecule has 0 spiro atoms. The van der Waals surface area contributed by atoms with Crippen LogP contribution >= 0.6 is 11.6 Å². The predicted octanol–water partition coefficient (Wildman–Crippen LogP) is 0.904. The molecule has 0 bridgehead atoms. The zero-order valence-corrected chi connectivity index (χ0v) is 7.88. The summed E-state index contributed by atoms with van der Waals surface area (Å²) in [7, 11) is 0. The van der Waals surface area contributed by atoms with Crippen LogP contribution in [0.15, 0.2) is 12.5 Å². The molecule has 1 aliphatic heterocycles. The van der Waals surface area contributed by atoms with E-state index in [1.54, 1.807) is 6.20 Å². The average molecular weight is 199 g/mol.